The Kier molecular flexibility index (Phi) is 6.18. The van der Waals surface area contributed by atoms with Gasteiger partial charge in [0.2, 0.25) is 10.0 Å². The van der Waals surface area contributed by atoms with Crippen molar-refractivity contribution >= 4 is 43.5 Å². The summed E-state index contributed by atoms with van der Waals surface area (Å²) in [6, 6.07) is 2.31. The highest BCUT2D eigenvalue weighted by Gasteiger charge is 2.21. The third-order valence-electron chi connectivity index (χ3n) is 2.99. The average Bonchev–Trinajstić information content (AvgIpc) is 2.38. The highest BCUT2D eigenvalue weighted by molar-refractivity contribution is 9.10. The largest absolute Gasteiger partial charge is 0.478 e. The fraction of sp³-hybridized carbons (Fsp3) is 0.417. The Bertz CT molecular complexity index is 649. The van der Waals surface area contributed by atoms with Gasteiger partial charge in [-0.2, -0.15) is 0 Å². The molecule has 0 aliphatic carbocycles. The first-order chi connectivity index (χ1) is 9.56. The molecule has 0 aliphatic rings. The van der Waals surface area contributed by atoms with Crippen LogP contribution in [0.15, 0.2) is 21.5 Å². The molecule has 0 bridgehead atoms. The minimum atomic E-state index is -3.81. The summed E-state index contributed by atoms with van der Waals surface area (Å²) in [6.45, 7) is 2.07. The molecular weight excluding hydrogens is 384 g/mol. The first-order valence-corrected chi connectivity index (χ1v) is 8.60. The first kappa shape index (κ1) is 18.4. The van der Waals surface area contributed by atoms with Gasteiger partial charge in [0.1, 0.15) is 0 Å². The topological polar surface area (TPSA) is 86.7 Å². The monoisotopic (exact) mass is 398 g/mol. The highest BCUT2D eigenvalue weighted by atomic mass is 79.9. The summed E-state index contributed by atoms with van der Waals surface area (Å²) in [5.41, 5.74) is -0.271. The van der Waals surface area contributed by atoms with Crippen LogP contribution in [0.2, 0.25) is 5.02 Å². The molecule has 0 radical (unpaired) electrons. The summed E-state index contributed by atoms with van der Waals surface area (Å²) < 4.78 is 27.1. The number of nitrogens with one attached hydrogen (secondary N) is 1. The van der Waals surface area contributed by atoms with Crippen LogP contribution in [0.1, 0.15) is 17.3 Å². The van der Waals surface area contributed by atoms with Crippen LogP contribution < -0.4 is 4.72 Å². The molecule has 0 aliphatic heterocycles. The van der Waals surface area contributed by atoms with E-state index in [1.807, 2.05) is 25.9 Å². The van der Waals surface area contributed by atoms with Crippen molar-refractivity contribution in [3.05, 3.63) is 27.2 Å². The zero-order valence-corrected chi connectivity index (χ0v) is 14.9. The molecule has 1 aromatic rings. The SMILES string of the molecule is CC(CNS(=O)(=O)c1cc(Br)c(Cl)c(C(=O)O)c1)N(C)C. The smallest absolute Gasteiger partial charge is 0.337 e. The van der Waals surface area contributed by atoms with Crippen LogP contribution in [0, 0.1) is 0 Å². The molecule has 9 heteroatoms. The van der Waals surface area contributed by atoms with Crippen molar-refractivity contribution in [1.29, 1.82) is 0 Å². The fourth-order valence-electron chi connectivity index (χ4n) is 1.37. The van der Waals surface area contributed by atoms with Gasteiger partial charge in [-0.05, 0) is 49.1 Å². The summed E-state index contributed by atoms with van der Waals surface area (Å²) in [5, 5.41) is 9.01. The number of likely N-dealkylation sites (N-methyl/N-ethyl adjacent to an activating group) is 1. The fourth-order valence-corrected chi connectivity index (χ4v) is 3.35. The van der Waals surface area contributed by atoms with Crippen LogP contribution in [0.5, 0.6) is 0 Å². The van der Waals surface area contributed by atoms with Gasteiger partial charge in [0.05, 0.1) is 15.5 Å². The third-order valence-corrected chi connectivity index (χ3v) is 5.66. The second kappa shape index (κ2) is 7.06. The molecule has 1 aromatic carbocycles. The van der Waals surface area contributed by atoms with E-state index in [1.165, 1.54) is 6.07 Å². The number of halogens is 2. The van der Waals surface area contributed by atoms with Crippen molar-refractivity contribution in [2.24, 2.45) is 0 Å². The van der Waals surface area contributed by atoms with E-state index in [9.17, 15) is 13.2 Å². The third kappa shape index (κ3) is 4.65. The van der Waals surface area contributed by atoms with E-state index < -0.39 is 16.0 Å². The number of carboxylic acid groups (broad SMARTS) is 1. The summed E-state index contributed by atoms with van der Waals surface area (Å²) in [5.74, 6) is -1.29. The van der Waals surface area contributed by atoms with Gasteiger partial charge < -0.3 is 10.0 Å². The number of sulfonamides is 1. The van der Waals surface area contributed by atoms with Crippen LogP contribution in [-0.2, 0) is 10.0 Å². The predicted molar refractivity (Wildman–Crippen MR) is 84.4 cm³/mol. The number of benzene rings is 1. The molecule has 6 nitrogen and oxygen atoms in total. The zero-order chi connectivity index (χ0) is 16.4. The van der Waals surface area contributed by atoms with Gasteiger partial charge in [-0.25, -0.2) is 17.9 Å². The second-order valence-corrected chi connectivity index (χ2v) is 7.74. The number of hydrogen-bond acceptors (Lipinski definition) is 4. The summed E-state index contributed by atoms with van der Waals surface area (Å²) in [6.07, 6.45) is 0. The summed E-state index contributed by atoms with van der Waals surface area (Å²) in [4.78, 5) is 12.8. The van der Waals surface area contributed by atoms with E-state index in [0.717, 1.165) is 6.07 Å². The lowest BCUT2D eigenvalue weighted by Gasteiger charge is -2.20. The van der Waals surface area contributed by atoms with Gasteiger partial charge in [-0.1, -0.05) is 11.6 Å². The van der Waals surface area contributed by atoms with Gasteiger partial charge in [0.25, 0.3) is 0 Å². The Balaban J connectivity index is 3.12. The van der Waals surface area contributed by atoms with Crippen LogP contribution in [0.4, 0.5) is 0 Å². The molecule has 2 N–H and O–H groups in total. The zero-order valence-electron chi connectivity index (χ0n) is 11.7. The molecule has 1 rings (SSSR count). The average molecular weight is 400 g/mol. The Morgan fingerprint density at radius 2 is 2.05 bits per heavy atom. The van der Waals surface area contributed by atoms with E-state index in [-0.39, 0.29) is 32.5 Å². The van der Waals surface area contributed by atoms with E-state index in [4.69, 9.17) is 16.7 Å². The lowest BCUT2D eigenvalue weighted by atomic mass is 10.2. The predicted octanol–water partition coefficient (Wildman–Crippen LogP) is 2.03. The van der Waals surface area contributed by atoms with Crippen molar-refractivity contribution in [3.63, 3.8) is 0 Å². The van der Waals surface area contributed by atoms with Gasteiger partial charge in [-0.3, -0.25) is 0 Å². The summed E-state index contributed by atoms with van der Waals surface area (Å²) >= 11 is 8.89. The molecule has 1 unspecified atom stereocenters. The minimum absolute atomic E-state index is 0.00513. The Morgan fingerprint density at radius 1 is 1.48 bits per heavy atom. The molecule has 0 saturated heterocycles. The molecule has 0 spiro atoms. The molecule has 1 atom stereocenters. The van der Waals surface area contributed by atoms with Crippen molar-refractivity contribution in [2.45, 2.75) is 17.9 Å². The Labute approximate surface area is 137 Å². The van der Waals surface area contributed by atoms with Crippen molar-refractivity contribution in [1.82, 2.24) is 9.62 Å². The number of carboxylic acids is 1. The Hall–Kier alpha value is -0.670. The molecule has 0 amide bonds. The van der Waals surface area contributed by atoms with Crippen LogP contribution in [-0.4, -0.2) is 51.1 Å². The number of hydrogen-bond donors (Lipinski definition) is 2. The minimum Gasteiger partial charge on any atom is -0.478 e. The van der Waals surface area contributed by atoms with E-state index in [2.05, 4.69) is 20.7 Å². The van der Waals surface area contributed by atoms with Crippen molar-refractivity contribution in [2.75, 3.05) is 20.6 Å². The maximum absolute atomic E-state index is 12.2. The van der Waals surface area contributed by atoms with E-state index >= 15 is 0 Å². The number of rotatable bonds is 6. The molecular formula is C12H16BrClN2O4S. The summed E-state index contributed by atoms with van der Waals surface area (Å²) in [7, 11) is -0.145. The van der Waals surface area contributed by atoms with Gasteiger partial charge in [-0.15, -0.1) is 0 Å². The lowest BCUT2D eigenvalue weighted by molar-refractivity contribution is 0.0696. The molecule has 0 fully saturated rings. The quantitative estimate of drug-likeness (QED) is 0.764. The van der Waals surface area contributed by atoms with Crippen molar-refractivity contribution < 1.29 is 18.3 Å². The molecule has 0 heterocycles. The normalized spacial score (nSPS) is 13.4. The van der Waals surface area contributed by atoms with Crippen molar-refractivity contribution in [3.8, 4) is 0 Å². The van der Waals surface area contributed by atoms with Crippen LogP contribution in [0.25, 0.3) is 0 Å². The molecule has 118 valence electrons. The number of nitrogens with zero attached hydrogens (tertiary/aromatic N) is 1. The lowest BCUT2D eigenvalue weighted by Crippen LogP contribution is -2.38. The maximum Gasteiger partial charge on any atom is 0.337 e. The van der Waals surface area contributed by atoms with Crippen LogP contribution >= 0.6 is 27.5 Å². The molecule has 0 saturated carbocycles. The van der Waals surface area contributed by atoms with Gasteiger partial charge >= 0.3 is 5.97 Å². The maximum atomic E-state index is 12.2. The molecule has 0 aromatic heterocycles. The standard InChI is InChI=1S/C12H16BrClN2O4S/c1-7(16(2)3)6-15-21(19,20)8-4-9(12(17)18)11(14)10(13)5-8/h4-5,7,15H,6H2,1-3H3,(H,17,18). The Morgan fingerprint density at radius 3 is 2.52 bits per heavy atom. The number of carbonyl (C=O) groups is 1. The second-order valence-electron chi connectivity index (χ2n) is 4.74. The van der Waals surface area contributed by atoms with Gasteiger partial charge in [0.15, 0.2) is 0 Å². The molecule has 21 heavy (non-hydrogen) atoms. The van der Waals surface area contributed by atoms with Gasteiger partial charge in [0, 0.05) is 17.1 Å². The first-order valence-electron chi connectivity index (χ1n) is 5.94. The highest BCUT2D eigenvalue weighted by Crippen LogP contribution is 2.29. The number of aromatic carboxylic acids is 1. The van der Waals surface area contributed by atoms with Crippen LogP contribution in [0.3, 0.4) is 0 Å². The van der Waals surface area contributed by atoms with E-state index in [0.29, 0.717) is 0 Å². The van der Waals surface area contributed by atoms with E-state index in [1.54, 1.807) is 0 Å².